The van der Waals surface area contributed by atoms with E-state index in [1.54, 1.807) is 24.3 Å². The minimum Gasteiger partial charge on any atom is -0.497 e. The van der Waals surface area contributed by atoms with Crippen molar-refractivity contribution in [1.29, 1.82) is 0 Å². The lowest BCUT2D eigenvalue weighted by atomic mass is 10.3. The monoisotopic (exact) mass is 403 g/mol. The lowest BCUT2D eigenvalue weighted by Crippen LogP contribution is -2.21. The molecular formula is C15H12Cl3N3O4. The second-order valence-electron chi connectivity index (χ2n) is 4.65. The van der Waals surface area contributed by atoms with Crippen LogP contribution in [0.15, 0.2) is 24.3 Å². The number of anilines is 2. The standard InChI is InChI=1S/C15H12Cl3N3O4/c1-24-8-4-2-3-7(5-8)20-9(22)6-25-15(23)13-10(16)12(19)11(17)14(18)21-13/h2-5H,6H2,1H3,(H2,19,21)(H,20,22). The van der Waals surface area contributed by atoms with E-state index in [0.29, 0.717) is 11.4 Å². The number of hydrogen-bond acceptors (Lipinski definition) is 6. The summed E-state index contributed by atoms with van der Waals surface area (Å²) < 4.78 is 9.91. The molecule has 0 aliphatic carbocycles. The van der Waals surface area contributed by atoms with E-state index in [-0.39, 0.29) is 26.6 Å². The Morgan fingerprint density at radius 3 is 2.64 bits per heavy atom. The van der Waals surface area contributed by atoms with Crippen LogP contribution in [0.25, 0.3) is 0 Å². The van der Waals surface area contributed by atoms with Crippen LogP contribution in [0.1, 0.15) is 10.5 Å². The first-order chi connectivity index (χ1) is 11.8. The maximum atomic E-state index is 12.0. The maximum Gasteiger partial charge on any atom is 0.359 e. The molecule has 0 aliphatic rings. The van der Waals surface area contributed by atoms with E-state index in [9.17, 15) is 9.59 Å². The summed E-state index contributed by atoms with van der Waals surface area (Å²) in [6.07, 6.45) is 0. The van der Waals surface area contributed by atoms with Crippen LogP contribution in [-0.2, 0) is 9.53 Å². The highest BCUT2D eigenvalue weighted by atomic mass is 35.5. The van der Waals surface area contributed by atoms with Gasteiger partial charge >= 0.3 is 5.97 Å². The number of nitrogens with zero attached hydrogens (tertiary/aromatic N) is 1. The van der Waals surface area contributed by atoms with Crippen LogP contribution in [0.4, 0.5) is 11.4 Å². The molecule has 3 N–H and O–H groups in total. The van der Waals surface area contributed by atoms with Crippen molar-refractivity contribution < 1.29 is 19.1 Å². The van der Waals surface area contributed by atoms with Gasteiger partial charge in [-0.15, -0.1) is 0 Å². The van der Waals surface area contributed by atoms with E-state index in [1.807, 2.05) is 0 Å². The highest BCUT2D eigenvalue weighted by Crippen LogP contribution is 2.34. The number of esters is 1. The molecule has 25 heavy (non-hydrogen) atoms. The molecule has 0 atom stereocenters. The summed E-state index contributed by atoms with van der Waals surface area (Å²) in [5, 5.41) is 2.08. The Hall–Kier alpha value is -2.22. The van der Waals surface area contributed by atoms with E-state index in [0.717, 1.165) is 0 Å². The van der Waals surface area contributed by atoms with Crippen LogP contribution >= 0.6 is 34.8 Å². The third-order valence-electron chi connectivity index (χ3n) is 2.95. The molecule has 1 aromatic heterocycles. The molecule has 2 rings (SSSR count). The van der Waals surface area contributed by atoms with Crippen molar-refractivity contribution in [3.8, 4) is 5.75 Å². The first-order valence-electron chi connectivity index (χ1n) is 6.74. The number of aromatic nitrogens is 1. The first kappa shape index (κ1) is 19.1. The smallest absolute Gasteiger partial charge is 0.359 e. The minimum atomic E-state index is -0.962. The van der Waals surface area contributed by atoms with E-state index in [2.05, 4.69) is 10.3 Å². The zero-order valence-corrected chi connectivity index (χ0v) is 15.1. The van der Waals surface area contributed by atoms with Gasteiger partial charge in [0.1, 0.15) is 10.8 Å². The number of carbonyl (C=O) groups is 2. The summed E-state index contributed by atoms with van der Waals surface area (Å²) in [7, 11) is 1.50. The number of nitrogens with one attached hydrogen (secondary N) is 1. The van der Waals surface area contributed by atoms with Crippen LogP contribution < -0.4 is 15.8 Å². The van der Waals surface area contributed by atoms with Gasteiger partial charge in [-0.05, 0) is 12.1 Å². The van der Waals surface area contributed by atoms with Gasteiger partial charge in [-0.2, -0.15) is 0 Å². The Morgan fingerprint density at radius 1 is 1.24 bits per heavy atom. The van der Waals surface area contributed by atoms with Crippen molar-refractivity contribution in [2.45, 2.75) is 0 Å². The molecule has 0 saturated carbocycles. The summed E-state index contributed by atoms with van der Waals surface area (Å²) >= 11 is 17.4. The van der Waals surface area contributed by atoms with Gasteiger partial charge in [0.05, 0.1) is 17.8 Å². The molecule has 1 amide bonds. The molecule has 0 fully saturated rings. The van der Waals surface area contributed by atoms with Crippen LogP contribution in [0.5, 0.6) is 5.75 Å². The van der Waals surface area contributed by atoms with Gasteiger partial charge in [-0.25, -0.2) is 9.78 Å². The Bertz CT molecular complexity index is 830. The summed E-state index contributed by atoms with van der Waals surface area (Å²) in [6, 6.07) is 6.68. The number of rotatable bonds is 5. The Morgan fingerprint density at radius 2 is 1.96 bits per heavy atom. The Kier molecular flexibility index (Phi) is 6.30. The molecule has 1 aromatic carbocycles. The fraction of sp³-hybridized carbons (Fsp3) is 0.133. The molecule has 10 heteroatoms. The number of methoxy groups -OCH3 is 1. The highest BCUT2D eigenvalue weighted by Gasteiger charge is 2.21. The molecule has 0 spiro atoms. The van der Waals surface area contributed by atoms with Crippen molar-refractivity contribution in [3.63, 3.8) is 0 Å². The molecule has 132 valence electrons. The average molecular weight is 405 g/mol. The van der Waals surface area contributed by atoms with Crippen molar-refractivity contribution in [1.82, 2.24) is 4.98 Å². The van der Waals surface area contributed by atoms with Gasteiger partial charge < -0.3 is 20.5 Å². The number of nitrogens with two attached hydrogens (primary N) is 1. The zero-order chi connectivity index (χ0) is 18.6. The van der Waals surface area contributed by atoms with Crippen molar-refractivity contribution in [2.24, 2.45) is 0 Å². The molecule has 0 radical (unpaired) electrons. The average Bonchev–Trinajstić information content (AvgIpc) is 2.61. The number of amides is 1. The van der Waals surface area contributed by atoms with Crippen molar-refractivity contribution in [3.05, 3.63) is 45.2 Å². The van der Waals surface area contributed by atoms with Crippen LogP contribution in [0.3, 0.4) is 0 Å². The molecule has 2 aromatic rings. The van der Waals surface area contributed by atoms with Gasteiger partial charge in [0.15, 0.2) is 17.5 Å². The predicted octanol–water partition coefficient (Wildman–Crippen LogP) is 3.43. The number of carbonyl (C=O) groups excluding carboxylic acids is 2. The molecule has 0 unspecified atom stereocenters. The molecule has 0 saturated heterocycles. The summed E-state index contributed by atoms with van der Waals surface area (Å²) in [5.41, 5.74) is 5.67. The van der Waals surface area contributed by atoms with E-state index < -0.39 is 18.5 Å². The summed E-state index contributed by atoms with van der Waals surface area (Å²) in [4.78, 5) is 27.6. The summed E-state index contributed by atoms with van der Waals surface area (Å²) in [6.45, 7) is -0.561. The molecule has 0 aliphatic heterocycles. The van der Waals surface area contributed by atoms with Crippen molar-refractivity contribution in [2.75, 3.05) is 24.8 Å². The van der Waals surface area contributed by atoms with Gasteiger partial charge in [0, 0.05) is 11.8 Å². The largest absolute Gasteiger partial charge is 0.497 e. The van der Waals surface area contributed by atoms with Crippen molar-refractivity contribution >= 4 is 58.1 Å². The first-order valence-corrected chi connectivity index (χ1v) is 7.88. The third-order valence-corrected chi connectivity index (χ3v) is 4.09. The number of ether oxygens (including phenoxy) is 2. The maximum absolute atomic E-state index is 12.0. The molecule has 1 heterocycles. The number of nitrogen functional groups attached to an aromatic ring is 1. The zero-order valence-electron chi connectivity index (χ0n) is 12.8. The fourth-order valence-electron chi connectivity index (χ4n) is 1.76. The highest BCUT2D eigenvalue weighted by molar-refractivity contribution is 6.46. The third kappa shape index (κ3) is 4.66. The topological polar surface area (TPSA) is 104 Å². The van der Waals surface area contributed by atoms with Gasteiger partial charge in [0.25, 0.3) is 5.91 Å². The van der Waals surface area contributed by atoms with Crippen LogP contribution in [-0.4, -0.2) is 30.6 Å². The number of halogens is 3. The normalized spacial score (nSPS) is 10.2. The fourth-order valence-corrected chi connectivity index (χ4v) is 2.35. The second-order valence-corrected chi connectivity index (χ2v) is 5.76. The SMILES string of the molecule is COc1cccc(NC(=O)COC(=O)c2nc(Cl)c(Cl)c(N)c2Cl)c1. The van der Waals surface area contributed by atoms with Gasteiger partial charge in [-0.1, -0.05) is 40.9 Å². The molecule has 7 nitrogen and oxygen atoms in total. The second kappa shape index (κ2) is 8.24. The lowest BCUT2D eigenvalue weighted by Gasteiger charge is -2.10. The van der Waals surface area contributed by atoms with Crippen LogP contribution in [0, 0.1) is 0 Å². The molecule has 0 bridgehead atoms. The number of hydrogen-bond donors (Lipinski definition) is 2. The van der Waals surface area contributed by atoms with Gasteiger partial charge in [0.2, 0.25) is 0 Å². The predicted molar refractivity (Wildman–Crippen MR) is 95.6 cm³/mol. The minimum absolute atomic E-state index is 0.0704. The Balaban J connectivity index is 2.01. The van der Waals surface area contributed by atoms with Crippen LogP contribution in [0.2, 0.25) is 15.2 Å². The van der Waals surface area contributed by atoms with E-state index >= 15 is 0 Å². The Labute approximate surface area is 158 Å². The quantitative estimate of drug-likeness (QED) is 0.584. The molecular weight excluding hydrogens is 393 g/mol. The van der Waals surface area contributed by atoms with E-state index in [4.69, 9.17) is 50.0 Å². The van der Waals surface area contributed by atoms with Gasteiger partial charge in [-0.3, -0.25) is 4.79 Å². The number of benzene rings is 1. The summed E-state index contributed by atoms with van der Waals surface area (Å²) in [5.74, 6) is -0.959. The lowest BCUT2D eigenvalue weighted by molar-refractivity contribution is -0.119. The number of pyridine rings is 1. The van der Waals surface area contributed by atoms with E-state index in [1.165, 1.54) is 7.11 Å².